The predicted octanol–water partition coefficient (Wildman–Crippen LogP) is 3.87. The van der Waals surface area contributed by atoms with Crippen molar-refractivity contribution in [3.8, 4) is 0 Å². The van der Waals surface area contributed by atoms with Gasteiger partial charge in [-0.15, -0.1) is 0 Å². The first-order chi connectivity index (χ1) is 12.9. The van der Waals surface area contributed by atoms with E-state index in [1.165, 1.54) is 0 Å². The van der Waals surface area contributed by atoms with Gasteiger partial charge in [0.25, 0.3) is 0 Å². The number of likely N-dealkylation sites (tertiary alicyclic amines) is 1. The first kappa shape index (κ1) is 19.7. The summed E-state index contributed by atoms with van der Waals surface area (Å²) in [7, 11) is 0. The van der Waals surface area contributed by atoms with E-state index >= 15 is 0 Å². The van der Waals surface area contributed by atoms with Gasteiger partial charge in [0.15, 0.2) is 0 Å². The number of anilines is 1. The van der Waals surface area contributed by atoms with Crippen molar-refractivity contribution in [2.24, 2.45) is 0 Å². The third kappa shape index (κ3) is 5.25. The molecule has 2 amide bonds. The number of benzene rings is 1. The van der Waals surface area contributed by atoms with Crippen LogP contribution in [0.1, 0.15) is 31.6 Å². The lowest BCUT2D eigenvalue weighted by molar-refractivity contribution is -0.125. The SMILES string of the molecule is C[C@@H](NC(=O)CN1CCC[C@@H]1C(=O)Nc1cc(Cl)cc(Cl)c1)c1ccco1. The number of nitrogens with one attached hydrogen (secondary N) is 2. The topological polar surface area (TPSA) is 74.6 Å². The van der Waals surface area contributed by atoms with Crippen molar-refractivity contribution in [1.82, 2.24) is 10.2 Å². The maximum absolute atomic E-state index is 12.7. The van der Waals surface area contributed by atoms with Gasteiger partial charge >= 0.3 is 0 Å². The standard InChI is InChI=1S/C19H21Cl2N3O3/c1-12(17-5-3-7-27-17)22-18(25)11-24-6-2-4-16(24)19(26)23-15-9-13(20)8-14(21)10-15/h3,5,7-10,12,16H,2,4,6,11H2,1H3,(H,22,25)(H,23,26)/t12-,16-/m1/s1. The Labute approximate surface area is 167 Å². The van der Waals surface area contributed by atoms with Crippen molar-refractivity contribution in [3.63, 3.8) is 0 Å². The maximum atomic E-state index is 12.7. The highest BCUT2D eigenvalue weighted by atomic mass is 35.5. The Hall–Kier alpha value is -2.02. The lowest BCUT2D eigenvalue weighted by Crippen LogP contribution is -2.45. The van der Waals surface area contributed by atoms with Crippen LogP contribution in [0.4, 0.5) is 5.69 Å². The van der Waals surface area contributed by atoms with E-state index in [0.29, 0.717) is 34.5 Å². The molecule has 2 aromatic rings. The molecule has 6 nitrogen and oxygen atoms in total. The lowest BCUT2D eigenvalue weighted by Gasteiger charge is -2.24. The predicted molar refractivity (Wildman–Crippen MR) is 105 cm³/mol. The van der Waals surface area contributed by atoms with Crippen LogP contribution in [0.15, 0.2) is 41.0 Å². The quantitative estimate of drug-likeness (QED) is 0.759. The Morgan fingerprint density at radius 1 is 1.30 bits per heavy atom. The first-order valence-electron chi connectivity index (χ1n) is 8.76. The monoisotopic (exact) mass is 409 g/mol. The van der Waals surface area contributed by atoms with Crippen LogP contribution in [-0.2, 0) is 9.59 Å². The third-order valence-corrected chi connectivity index (χ3v) is 4.93. The maximum Gasteiger partial charge on any atom is 0.241 e. The van der Waals surface area contributed by atoms with Crippen LogP contribution in [0.2, 0.25) is 10.0 Å². The summed E-state index contributed by atoms with van der Waals surface area (Å²) in [5.74, 6) is 0.374. The van der Waals surface area contributed by atoms with Gasteiger partial charge < -0.3 is 15.1 Å². The van der Waals surface area contributed by atoms with Gasteiger partial charge in [0.1, 0.15) is 5.76 Å². The van der Waals surface area contributed by atoms with Gasteiger partial charge in [0, 0.05) is 15.7 Å². The Morgan fingerprint density at radius 2 is 2.04 bits per heavy atom. The van der Waals surface area contributed by atoms with Gasteiger partial charge in [-0.25, -0.2) is 0 Å². The average molecular weight is 410 g/mol. The fourth-order valence-corrected chi connectivity index (χ4v) is 3.77. The fourth-order valence-electron chi connectivity index (χ4n) is 3.24. The number of hydrogen-bond donors (Lipinski definition) is 2. The van der Waals surface area contributed by atoms with Gasteiger partial charge in [0.2, 0.25) is 11.8 Å². The second-order valence-corrected chi connectivity index (χ2v) is 7.45. The zero-order chi connectivity index (χ0) is 19.4. The van der Waals surface area contributed by atoms with Gasteiger partial charge in [-0.05, 0) is 56.6 Å². The molecule has 1 saturated heterocycles. The summed E-state index contributed by atoms with van der Waals surface area (Å²) in [6.07, 6.45) is 3.12. The summed E-state index contributed by atoms with van der Waals surface area (Å²) < 4.78 is 5.30. The van der Waals surface area contributed by atoms with Crippen molar-refractivity contribution in [1.29, 1.82) is 0 Å². The molecule has 1 aromatic heterocycles. The summed E-state index contributed by atoms with van der Waals surface area (Å²) >= 11 is 11.9. The zero-order valence-corrected chi connectivity index (χ0v) is 16.4. The Kier molecular flexibility index (Phi) is 6.42. The summed E-state index contributed by atoms with van der Waals surface area (Å²) in [4.78, 5) is 26.9. The molecule has 3 rings (SSSR count). The molecule has 0 aliphatic carbocycles. The van der Waals surface area contributed by atoms with E-state index in [0.717, 1.165) is 6.42 Å². The first-order valence-corrected chi connectivity index (χ1v) is 9.52. The number of carbonyl (C=O) groups is 2. The molecule has 0 spiro atoms. The average Bonchev–Trinajstić information content (AvgIpc) is 3.25. The minimum atomic E-state index is -0.368. The molecule has 2 N–H and O–H groups in total. The van der Waals surface area contributed by atoms with Crippen molar-refractivity contribution in [2.75, 3.05) is 18.4 Å². The van der Waals surface area contributed by atoms with E-state index in [4.69, 9.17) is 27.6 Å². The molecular formula is C19H21Cl2N3O3. The van der Waals surface area contributed by atoms with E-state index in [1.807, 2.05) is 17.9 Å². The molecule has 1 aliphatic rings. The van der Waals surface area contributed by atoms with Crippen LogP contribution in [0.3, 0.4) is 0 Å². The molecule has 27 heavy (non-hydrogen) atoms. The third-order valence-electron chi connectivity index (χ3n) is 4.49. The van der Waals surface area contributed by atoms with Crippen LogP contribution in [0.5, 0.6) is 0 Å². The molecule has 0 bridgehead atoms. The highest BCUT2D eigenvalue weighted by molar-refractivity contribution is 6.35. The van der Waals surface area contributed by atoms with Crippen LogP contribution in [0.25, 0.3) is 0 Å². The van der Waals surface area contributed by atoms with Crippen molar-refractivity contribution in [2.45, 2.75) is 31.8 Å². The van der Waals surface area contributed by atoms with E-state index < -0.39 is 0 Å². The molecule has 1 fully saturated rings. The summed E-state index contributed by atoms with van der Waals surface area (Å²) in [6, 6.07) is 7.88. The van der Waals surface area contributed by atoms with Gasteiger partial charge in [-0.3, -0.25) is 14.5 Å². The Morgan fingerprint density at radius 3 is 2.70 bits per heavy atom. The molecule has 2 heterocycles. The van der Waals surface area contributed by atoms with E-state index in [-0.39, 0.29) is 30.4 Å². The van der Waals surface area contributed by atoms with E-state index in [1.54, 1.807) is 30.5 Å². The molecule has 2 atom stereocenters. The Balaban J connectivity index is 1.57. The lowest BCUT2D eigenvalue weighted by atomic mass is 10.2. The van der Waals surface area contributed by atoms with Crippen LogP contribution in [-0.4, -0.2) is 35.8 Å². The van der Waals surface area contributed by atoms with Gasteiger partial charge in [0.05, 0.1) is 24.9 Å². The zero-order valence-electron chi connectivity index (χ0n) is 14.9. The summed E-state index contributed by atoms with van der Waals surface area (Å²) in [6.45, 7) is 2.70. The number of carbonyl (C=O) groups excluding carboxylic acids is 2. The molecule has 144 valence electrons. The summed E-state index contributed by atoms with van der Waals surface area (Å²) in [5, 5.41) is 6.63. The number of amides is 2. The van der Waals surface area contributed by atoms with Crippen molar-refractivity contribution in [3.05, 3.63) is 52.4 Å². The van der Waals surface area contributed by atoms with Crippen molar-refractivity contribution >= 4 is 40.7 Å². The number of rotatable bonds is 6. The largest absolute Gasteiger partial charge is 0.467 e. The molecule has 1 aliphatic heterocycles. The highest BCUT2D eigenvalue weighted by Crippen LogP contribution is 2.24. The molecule has 0 radical (unpaired) electrons. The number of halogens is 2. The van der Waals surface area contributed by atoms with Crippen LogP contribution < -0.4 is 10.6 Å². The van der Waals surface area contributed by atoms with E-state index in [2.05, 4.69) is 10.6 Å². The van der Waals surface area contributed by atoms with Gasteiger partial charge in [-0.2, -0.15) is 0 Å². The number of furan rings is 1. The minimum Gasteiger partial charge on any atom is -0.467 e. The minimum absolute atomic E-state index is 0.149. The summed E-state index contributed by atoms with van der Waals surface area (Å²) in [5.41, 5.74) is 0.542. The second kappa shape index (κ2) is 8.78. The van der Waals surface area contributed by atoms with Gasteiger partial charge in [-0.1, -0.05) is 23.2 Å². The Bertz CT molecular complexity index is 790. The highest BCUT2D eigenvalue weighted by Gasteiger charge is 2.32. The number of hydrogen-bond acceptors (Lipinski definition) is 4. The molecule has 8 heteroatoms. The van der Waals surface area contributed by atoms with Crippen molar-refractivity contribution < 1.29 is 14.0 Å². The molecule has 1 aromatic carbocycles. The molecule has 0 saturated carbocycles. The normalized spacial score (nSPS) is 18.3. The van der Waals surface area contributed by atoms with Crippen LogP contribution in [0, 0.1) is 0 Å². The molecular weight excluding hydrogens is 389 g/mol. The fraction of sp³-hybridized carbons (Fsp3) is 0.368. The smallest absolute Gasteiger partial charge is 0.241 e. The van der Waals surface area contributed by atoms with E-state index in [9.17, 15) is 9.59 Å². The number of nitrogens with zero attached hydrogens (tertiary/aromatic N) is 1. The second-order valence-electron chi connectivity index (χ2n) is 6.58. The molecule has 0 unspecified atom stereocenters. The van der Waals surface area contributed by atoms with Crippen LogP contribution >= 0.6 is 23.2 Å².